The molecule has 2 aromatic heterocycles. The number of benzene rings is 1. The third-order valence-corrected chi connectivity index (χ3v) is 9.90. The number of unbranched alkanes of at least 4 members (excludes halogenated alkanes) is 5. The summed E-state index contributed by atoms with van der Waals surface area (Å²) >= 11 is 1.54. The molecule has 0 N–H and O–H groups in total. The van der Waals surface area contributed by atoms with Gasteiger partial charge in [-0.05, 0) is 87.2 Å². The fourth-order valence-electron chi connectivity index (χ4n) is 6.05. The van der Waals surface area contributed by atoms with Gasteiger partial charge < -0.3 is 14.2 Å². The van der Waals surface area contributed by atoms with Gasteiger partial charge in [-0.2, -0.15) is 15.8 Å². The normalized spacial score (nSPS) is 14.0. The van der Waals surface area contributed by atoms with Crippen molar-refractivity contribution in [3.63, 3.8) is 0 Å². The molecule has 264 valence electrons. The predicted octanol–water partition coefficient (Wildman–Crippen LogP) is 11.2. The van der Waals surface area contributed by atoms with Gasteiger partial charge in [0.2, 0.25) is 0 Å². The number of nitrogens with zero attached hydrogens (tertiary/aromatic N) is 6. The minimum absolute atomic E-state index is 0.0387. The smallest absolute Gasteiger partial charge is 0.172 e. The molecular weight excluding hydrogens is 649 g/mol. The molecule has 3 heterocycles. The van der Waals surface area contributed by atoms with Crippen LogP contribution in [0.1, 0.15) is 113 Å². The number of rotatable bonds is 18. The van der Waals surface area contributed by atoms with Crippen LogP contribution in [0.4, 0.5) is 5.69 Å². The van der Waals surface area contributed by atoms with Gasteiger partial charge >= 0.3 is 0 Å². The number of ether oxygens (including phenoxy) is 1. The van der Waals surface area contributed by atoms with Crippen LogP contribution in [0.5, 0.6) is 0 Å². The Kier molecular flexibility index (Phi) is 14.7. The van der Waals surface area contributed by atoms with Crippen molar-refractivity contribution in [1.29, 1.82) is 15.8 Å². The number of hydrogen-bond acceptors (Lipinski definition) is 7. The molecule has 0 aliphatic carbocycles. The molecule has 0 fully saturated rings. The Hall–Kier alpha value is -5.10. The zero-order chi connectivity index (χ0) is 36.6. The van der Waals surface area contributed by atoms with Gasteiger partial charge in [-0.25, -0.2) is 4.98 Å². The summed E-state index contributed by atoms with van der Waals surface area (Å²) < 4.78 is 8.27. The Balaban J connectivity index is 1.52. The summed E-state index contributed by atoms with van der Waals surface area (Å²) in [4.78, 5) is 8.05. The van der Waals surface area contributed by atoms with Crippen molar-refractivity contribution in [2.75, 3.05) is 18.0 Å². The number of hydrogen-bond donors (Lipinski definition) is 0. The summed E-state index contributed by atoms with van der Waals surface area (Å²) in [6, 6.07) is 19.1. The number of nitriles is 3. The Labute approximate surface area is 308 Å². The lowest BCUT2D eigenvalue weighted by Gasteiger charge is -2.24. The van der Waals surface area contributed by atoms with Crippen molar-refractivity contribution >= 4 is 47.4 Å². The fourth-order valence-corrected chi connectivity index (χ4v) is 6.78. The van der Waals surface area contributed by atoms with Crippen LogP contribution in [0.2, 0.25) is 0 Å². The number of thiazole rings is 1. The second kappa shape index (κ2) is 19.3. The number of allylic oxidation sites excluding steroid dienone is 2. The average molecular weight is 699 g/mol. The summed E-state index contributed by atoms with van der Waals surface area (Å²) in [6.45, 7) is 13.5. The van der Waals surface area contributed by atoms with Crippen LogP contribution in [0.25, 0.3) is 30.4 Å². The molecular formula is C43H50N6OS. The molecule has 3 aromatic rings. The highest BCUT2D eigenvalue weighted by atomic mass is 32.1. The summed E-state index contributed by atoms with van der Waals surface area (Å²) in [6.07, 6.45) is 23.7. The van der Waals surface area contributed by atoms with E-state index in [0.29, 0.717) is 5.57 Å². The largest absolute Gasteiger partial charge is 0.480 e. The first-order chi connectivity index (χ1) is 24.8. The van der Waals surface area contributed by atoms with E-state index in [-0.39, 0.29) is 16.9 Å². The molecule has 0 radical (unpaired) electrons. The van der Waals surface area contributed by atoms with Crippen molar-refractivity contribution in [2.45, 2.75) is 98.1 Å². The zero-order valence-electron chi connectivity index (χ0n) is 30.8. The lowest BCUT2D eigenvalue weighted by atomic mass is 9.94. The van der Waals surface area contributed by atoms with Crippen LogP contribution >= 0.6 is 11.3 Å². The minimum Gasteiger partial charge on any atom is -0.480 e. The lowest BCUT2D eigenvalue weighted by Crippen LogP contribution is -2.25. The van der Waals surface area contributed by atoms with Crippen molar-refractivity contribution in [3.05, 3.63) is 98.0 Å². The highest BCUT2D eigenvalue weighted by molar-refractivity contribution is 7.13. The van der Waals surface area contributed by atoms with Crippen LogP contribution in [0, 0.1) is 34.0 Å². The van der Waals surface area contributed by atoms with E-state index in [0.717, 1.165) is 41.6 Å². The van der Waals surface area contributed by atoms with Crippen LogP contribution in [-0.2, 0) is 11.3 Å². The van der Waals surface area contributed by atoms with Gasteiger partial charge in [-0.3, -0.25) is 0 Å². The maximum Gasteiger partial charge on any atom is 0.172 e. The van der Waals surface area contributed by atoms with Gasteiger partial charge in [0.15, 0.2) is 11.3 Å². The number of anilines is 1. The molecule has 0 saturated heterocycles. The van der Waals surface area contributed by atoms with Crippen molar-refractivity contribution in [1.82, 2.24) is 9.55 Å². The summed E-state index contributed by atoms with van der Waals surface area (Å²) in [5.74, 6) is 0.0387. The Bertz CT molecular complexity index is 1870. The molecule has 0 spiro atoms. The molecule has 7 nitrogen and oxygen atoms in total. The topological polar surface area (TPSA) is 102 Å². The van der Waals surface area contributed by atoms with E-state index in [1.807, 2.05) is 44.2 Å². The van der Waals surface area contributed by atoms with E-state index < -0.39 is 5.60 Å². The van der Waals surface area contributed by atoms with Gasteiger partial charge in [-0.15, -0.1) is 11.3 Å². The third kappa shape index (κ3) is 10.5. The molecule has 4 rings (SSSR count). The summed E-state index contributed by atoms with van der Waals surface area (Å²) in [5.41, 5.74) is 4.57. The molecule has 0 amide bonds. The molecule has 0 atom stereocenters. The van der Waals surface area contributed by atoms with Gasteiger partial charge in [0.25, 0.3) is 0 Å². The molecule has 1 aliphatic rings. The molecule has 0 bridgehead atoms. The maximum absolute atomic E-state index is 9.83. The average Bonchev–Trinajstić information content (AvgIpc) is 3.83. The Morgan fingerprint density at radius 1 is 0.804 bits per heavy atom. The molecule has 1 aromatic carbocycles. The number of aromatic nitrogens is 2. The van der Waals surface area contributed by atoms with Crippen molar-refractivity contribution in [2.24, 2.45) is 0 Å². The van der Waals surface area contributed by atoms with Crippen LogP contribution in [-0.4, -0.2) is 28.2 Å². The quantitative estimate of drug-likeness (QED) is 0.0968. The Morgan fingerprint density at radius 3 is 2.06 bits per heavy atom. The van der Waals surface area contributed by atoms with E-state index >= 15 is 0 Å². The zero-order valence-corrected chi connectivity index (χ0v) is 31.6. The minimum atomic E-state index is -0.856. The first kappa shape index (κ1) is 38.7. The standard InChI is InChI=1S/C43H50N6OS/c1-6-9-12-13-28-49-36(19-16-33-14-17-35(18-15-33)48(26-10-7-2)27-11-8-3)20-21-37(49)22-25-41-47-32-38(51-41)23-24-40-39(31-46)42(34(29-44)30-45)50-43(40,4)5/h14-25,32H,6-13,26-28H2,1-5H3/b19-16+,24-23+,25-22+. The molecule has 8 heteroatoms. The molecule has 51 heavy (non-hydrogen) atoms. The summed E-state index contributed by atoms with van der Waals surface area (Å²) in [7, 11) is 0. The summed E-state index contributed by atoms with van der Waals surface area (Å²) in [5, 5.41) is 29.4. The lowest BCUT2D eigenvalue weighted by molar-refractivity contribution is 0.0954. The first-order valence-electron chi connectivity index (χ1n) is 18.2. The van der Waals surface area contributed by atoms with Gasteiger partial charge in [0.1, 0.15) is 34.4 Å². The second-order valence-corrected chi connectivity index (χ2v) is 14.3. The van der Waals surface area contributed by atoms with Crippen molar-refractivity contribution in [3.8, 4) is 18.2 Å². The maximum atomic E-state index is 9.83. The van der Waals surface area contributed by atoms with Gasteiger partial charge in [0, 0.05) is 53.4 Å². The van der Waals surface area contributed by atoms with Crippen molar-refractivity contribution < 1.29 is 4.74 Å². The second-order valence-electron chi connectivity index (χ2n) is 13.2. The first-order valence-corrected chi connectivity index (χ1v) is 19.0. The highest BCUT2D eigenvalue weighted by Gasteiger charge is 2.38. The van der Waals surface area contributed by atoms with Crippen LogP contribution < -0.4 is 4.90 Å². The van der Waals surface area contributed by atoms with Gasteiger partial charge in [0.05, 0.1) is 0 Å². The Morgan fingerprint density at radius 2 is 1.45 bits per heavy atom. The molecule has 1 aliphatic heterocycles. The monoisotopic (exact) mass is 698 g/mol. The molecule has 0 saturated carbocycles. The van der Waals surface area contributed by atoms with Crippen LogP contribution in [0.15, 0.2) is 71.1 Å². The SMILES string of the molecule is CCCCCCn1c(/C=C/c2ccc(N(CCCC)CCCC)cc2)ccc1/C=C/c1ncc(/C=C/C2=C(C#N)C(=C(C#N)C#N)OC2(C)C)s1. The fraction of sp³-hybridized carbons (Fsp3) is 0.395. The van der Waals surface area contributed by atoms with E-state index in [4.69, 9.17) is 4.74 Å². The van der Waals surface area contributed by atoms with Gasteiger partial charge in [-0.1, -0.05) is 77.2 Å². The highest BCUT2D eigenvalue weighted by Crippen LogP contribution is 2.40. The van der Waals surface area contributed by atoms with E-state index in [2.05, 4.69) is 95.9 Å². The van der Waals surface area contributed by atoms with E-state index in [9.17, 15) is 15.8 Å². The predicted molar refractivity (Wildman–Crippen MR) is 212 cm³/mol. The van der Waals surface area contributed by atoms with E-state index in [1.54, 1.807) is 17.5 Å². The van der Waals surface area contributed by atoms with E-state index in [1.165, 1.54) is 61.9 Å². The molecule has 0 unspecified atom stereocenters. The van der Waals surface area contributed by atoms with Crippen LogP contribution in [0.3, 0.4) is 0 Å². The third-order valence-electron chi connectivity index (χ3n) is 8.97.